The Morgan fingerprint density at radius 1 is 1.06 bits per heavy atom. The standard InChI is InChI=1S/C14H17NS/c1-10-5-4-6-13(12(10)3)15-9-14-11(2)7-8-16-14/h4-8,15H,9H2,1-3H3. The van der Waals surface area contributed by atoms with E-state index in [2.05, 4.69) is 55.7 Å². The van der Waals surface area contributed by atoms with Gasteiger partial charge in [0.1, 0.15) is 0 Å². The van der Waals surface area contributed by atoms with Gasteiger partial charge in [-0.05, 0) is 55.0 Å². The monoisotopic (exact) mass is 231 g/mol. The molecule has 1 heterocycles. The van der Waals surface area contributed by atoms with Crippen LogP contribution < -0.4 is 5.32 Å². The average molecular weight is 231 g/mol. The molecule has 0 aliphatic heterocycles. The van der Waals surface area contributed by atoms with E-state index < -0.39 is 0 Å². The number of hydrogen-bond donors (Lipinski definition) is 1. The van der Waals surface area contributed by atoms with Crippen molar-refractivity contribution in [3.63, 3.8) is 0 Å². The Morgan fingerprint density at radius 2 is 1.88 bits per heavy atom. The van der Waals surface area contributed by atoms with E-state index >= 15 is 0 Å². The Balaban J connectivity index is 2.11. The summed E-state index contributed by atoms with van der Waals surface area (Å²) >= 11 is 1.82. The smallest absolute Gasteiger partial charge is 0.0496 e. The summed E-state index contributed by atoms with van der Waals surface area (Å²) in [6, 6.07) is 8.57. The minimum absolute atomic E-state index is 0.924. The molecule has 1 aromatic heterocycles. The van der Waals surface area contributed by atoms with Crippen LogP contribution in [-0.2, 0) is 6.54 Å². The zero-order chi connectivity index (χ0) is 11.5. The number of hydrogen-bond acceptors (Lipinski definition) is 2. The summed E-state index contributed by atoms with van der Waals surface area (Å²) in [5.74, 6) is 0. The normalized spacial score (nSPS) is 10.4. The number of anilines is 1. The fraction of sp³-hybridized carbons (Fsp3) is 0.286. The van der Waals surface area contributed by atoms with E-state index in [-0.39, 0.29) is 0 Å². The summed E-state index contributed by atoms with van der Waals surface area (Å²) in [7, 11) is 0. The van der Waals surface area contributed by atoms with Crippen molar-refractivity contribution in [3.8, 4) is 0 Å². The van der Waals surface area contributed by atoms with Gasteiger partial charge in [0.25, 0.3) is 0 Å². The molecule has 16 heavy (non-hydrogen) atoms. The maximum atomic E-state index is 3.51. The summed E-state index contributed by atoms with van der Waals surface area (Å²) in [5.41, 5.74) is 5.31. The summed E-state index contributed by atoms with van der Waals surface area (Å²) in [5, 5.41) is 5.66. The molecule has 0 bridgehead atoms. The van der Waals surface area contributed by atoms with Gasteiger partial charge in [-0.25, -0.2) is 0 Å². The molecule has 1 nitrogen and oxygen atoms in total. The molecule has 0 saturated heterocycles. The van der Waals surface area contributed by atoms with Crippen molar-refractivity contribution in [2.45, 2.75) is 27.3 Å². The van der Waals surface area contributed by atoms with E-state index in [1.807, 2.05) is 11.3 Å². The molecule has 84 valence electrons. The first-order chi connectivity index (χ1) is 7.68. The molecule has 0 fully saturated rings. The molecule has 0 atom stereocenters. The minimum atomic E-state index is 0.924. The molecule has 0 aliphatic carbocycles. The molecule has 0 radical (unpaired) electrons. The average Bonchev–Trinajstić information content (AvgIpc) is 2.67. The molecule has 0 unspecified atom stereocenters. The Bertz CT molecular complexity index is 485. The fourth-order valence-electron chi connectivity index (χ4n) is 1.70. The second-order valence-electron chi connectivity index (χ2n) is 4.13. The number of benzene rings is 1. The summed E-state index contributed by atoms with van der Waals surface area (Å²) in [6.45, 7) is 7.40. The molecule has 0 amide bonds. The maximum absolute atomic E-state index is 3.51. The van der Waals surface area contributed by atoms with E-state index in [0.29, 0.717) is 0 Å². The lowest BCUT2D eigenvalue weighted by Crippen LogP contribution is -2.01. The zero-order valence-electron chi connectivity index (χ0n) is 10.0. The number of aryl methyl sites for hydroxylation is 2. The van der Waals surface area contributed by atoms with Crippen molar-refractivity contribution in [1.29, 1.82) is 0 Å². The maximum Gasteiger partial charge on any atom is 0.0496 e. The van der Waals surface area contributed by atoms with Crippen molar-refractivity contribution in [2.75, 3.05) is 5.32 Å². The van der Waals surface area contributed by atoms with Crippen LogP contribution in [0, 0.1) is 20.8 Å². The molecule has 0 saturated carbocycles. The molecule has 1 N–H and O–H groups in total. The van der Waals surface area contributed by atoms with Gasteiger partial charge in [-0.2, -0.15) is 0 Å². The largest absolute Gasteiger partial charge is 0.380 e. The summed E-state index contributed by atoms with van der Waals surface area (Å²) < 4.78 is 0. The highest BCUT2D eigenvalue weighted by Gasteiger charge is 2.02. The van der Waals surface area contributed by atoms with Crippen LogP contribution in [0.1, 0.15) is 21.6 Å². The van der Waals surface area contributed by atoms with Gasteiger partial charge in [-0.1, -0.05) is 12.1 Å². The first-order valence-corrected chi connectivity index (χ1v) is 6.39. The van der Waals surface area contributed by atoms with Crippen LogP contribution in [-0.4, -0.2) is 0 Å². The number of rotatable bonds is 3. The summed E-state index contributed by atoms with van der Waals surface area (Å²) in [6.07, 6.45) is 0. The van der Waals surface area contributed by atoms with E-state index in [1.165, 1.54) is 27.3 Å². The molecule has 2 aromatic rings. The molecule has 2 heteroatoms. The number of thiophene rings is 1. The van der Waals surface area contributed by atoms with E-state index in [1.54, 1.807) is 0 Å². The Labute approximate surface area is 101 Å². The van der Waals surface area contributed by atoms with E-state index in [0.717, 1.165) is 6.54 Å². The van der Waals surface area contributed by atoms with Gasteiger partial charge >= 0.3 is 0 Å². The van der Waals surface area contributed by atoms with Gasteiger partial charge in [0.15, 0.2) is 0 Å². The van der Waals surface area contributed by atoms with Crippen LogP contribution in [0.5, 0.6) is 0 Å². The van der Waals surface area contributed by atoms with Crippen LogP contribution in [0.15, 0.2) is 29.6 Å². The summed E-state index contributed by atoms with van der Waals surface area (Å²) in [4.78, 5) is 1.42. The first-order valence-electron chi connectivity index (χ1n) is 5.51. The predicted molar refractivity (Wildman–Crippen MR) is 72.3 cm³/mol. The lowest BCUT2D eigenvalue weighted by atomic mass is 10.1. The molecule has 0 aliphatic rings. The van der Waals surface area contributed by atoms with Gasteiger partial charge in [0.05, 0.1) is 0 Å². The highest BCUT2D eigenvalue weighted by Crippen LogP contribution is 2.21. The highest BCUT2D eigenvalue weighted by molar-refractivity contribution is 7.10. The third kappa shape index (κ3) is 2.27. The molecular formula is C14H17NS. The van der Waals surface area contributed by atoms with Gasteiger partial charge in [0, 0.05) is 17.1 Å². The third-order valence-corrected chi connectivity index (χ3v) is 4.04. The lowest BCUT2D eigenvalue weighted by Gasteiger charge is -2.11. The van der Waals surface area contributed by atoms with Gasteiger partial charge < -0.3 is 5.32 Å². The second kappa shape index (κ2) is 4.71. The van der Waals surface area contributed by atoms with E-state index in [9.17, 15) is 0 Å². The second-order valence-corrected chi connectivity index (χ2v) is 5.13. The van der Waals surface area contributed by atoms with Crippen molar-refractivity contribution >= 4 is 17.0 Å². The van der Waals surface area contributed by atoms with Gasteiger partial charge in [-0.3, -0.25) is 0 Å². The third-order valence-electron chi connectivity index (χ3n) is 3.01. The quantitative estimate of drug-likeness (QED) is 0.831. The molecule has 0 spiro atoms. The van der Waals surface area contributed by atoms with Gasteiger partial charge in [-0.15, -0.1) is 11.3 Å². The highest BCUT2D eigenvalue weighted by atomic mass is 32.1. The van der Waals surface area contributed by atoms with Crippen LogP contribution >= 0.6 is 11.3 Å². The molecule has 2 rings (SSSR count). The fourth-order valence-corrected chi connectivity index (χ4v) is 2.55. The first kappa shape index (κ1) is 11.2. The number of nitrogens with one attached hydrogen (secondary N) is 1. The van der Waals surface area contributed by atoms with Crippen LogP contribution in [0.4, 0.5) is 5.69 Å². The van der Waals surface area contributed by atoms with Crippen molar-refractivity contribution in [1.82, 2.24) is 0 Å². The lowest BCUT2D eigenvalue weighted by molar-refractivity contribution is 1.15. The Kier molecular flexibility index (Phi) is 3.30. The van der Waals surface area contributed by atoms with Crippen molar-refractivity contribution in [2.24, 2.45) is 0 Å². The van der Waals surface area contributed by atoms with Crippen molar-refractivity contribution < 1.29 is 0 Å². The molecular weight excluding hydrogens is 214 g/mol. The minimum Gasteiger partial charge on any atom is -0.380 e. The van der Waals surface area contributed by atoms with Gasteiger partial charge in [0.2, 0.25) is 0 Å². The van der Waals surface area contributed by atoms with Crippen LogP contribution in [0.25, 0.3) is 0 Å². The van der Waals surface area contributed by atoms with Crippen LogP contribution in [0.2, 0.25) is 0 Å². The SMILES string of the molecule is Cc1ccsc1CNc1cccc(C)c1C. The predicted octanol–water partition coefficient (Wildman–Crippen LogP) is 4.29. The van der Waals surface area contributed by atoms with E-state index in [4.69, 9.17) is 0 Å². The topological polar surface area (TPSA) is 12.0 Å². The molecule has 1 aromatic carbocycles. The Hall–Kier alpha value is -1.28. The zero-order valence-corrected chi connectivity index (χ0v) is 10.8. The Morgan fingerprint density at radius 3 is 2.56 bits per heavy atom. The van der Waals surface area contributed by atoms with Crippen molar-refractivity contribution in [3.05, 3.63) is 51.2 Å². The van der Waals surface area contributed by atoms with Crippen LogP contribution in [0.3, 0.4) is 0 Å².